The highest BCUT2D eigenvalue weighted by Gasteiger charge is 2.13. The lowest BCUT2D eigenvalue weighted by Crippen LogP contribution is -2.02. The van der Waals surface area contributed by atoms with E-state index in [1.807, 2.05) is 0 Å². The topological polar surface area (TPSA) is 38.7 Å². The smallest absolute Gasteiger partial charge is 0.191 e. The van der Waals surface area contributed by atoms with Gasteiger partial charge in [-0.05, 0) is 35.4 Å². The predicted molar refractivity (Wildman–Crippen MR) is 69.6 cm³/mol. The summed E-state index contributed by atoms with van der Waals surface area (Å²) >= 11 is 0. The van der Waals surface area contributed by atoms with Crippen molar-refractivity contribution in [2.75, 3.05) is 7.11 Å². The van der Waals surface area contributed by atoms with Gasteiger partial charge in [-0.25, -0.2) is 13.2 Å². The van der Waals surface area contributed by atoms with Crippen molar-refractivity contribution in [2.24, 2.45) is 0 Å². The molecule has 2 rings (SSSR count). The van der Waals surface area contributed by atoms with Gasteiger partial charge in [0.15, 0.2) is 29.0 Å². The maximum atomic E-state index is 13.6. The third kappa shape index (κ3) is 3.46. The van der Waals surface area contributed by atoms with Gasteiger partial charge in [-0.15, -0.1) is 0 Å². The van der Waals surface area contributed by atoms with E-state index in [9.17, 15) is 13.2 Å². The summed E-state index contributed by atoms with van der Waals surface area (Å²) in [5.41, 5.74) is 0.506. The minimum absolute atomic E-state index is 0.0726. The highest BCUT2D eigenvalue weighted by atomic mass is 19.1. The van der Waals surface area contributed by atoms with Crippen molar-refractivity contribution in [3.8, 4) is 11.5 Å². The molecule has 0 saturated heterocycles. The average molecular weight is 298 g/mol. The van der Waals surface area contributed by atoms with Crippen LogP contribution in [-0.4, -0.2) is 12.2 Å². The number of ether oxygens (including phenoxy) is 2. The predicted octanol–water partition coefficient (Wildman–Crippen LogP) is 3.18. The molecule has 0 atom stereocenters. The normalized spacial score (nSPS) is 10.5. The van der Waals surface area contributed by atoms with E-state index in [2.05, 4.69) is 0 Å². The largest absolute Gasteiger partial charge is 0.494 e. The van der Waals surface area contributed by atoms with Crippen molar-refractivity contribution in [3.63, 3.8) is 0 Å². The first-order valence-electron chi connectivity index (χ1n) is 6.09. The molecule has 0 radical (unpaired) electrons. The summed E-state index contributed by atoms with van der Waals surface area (Å²) in [5, 5.41) is 8.84. The van der Waals surface area contributed by atoms with Crippen LogP contribution in [0.4, 0.5) is 13.2 Å². The van der Waals surface area contributed by atoms with E-state index < -0.39 is 29.8 Å². The molecule has 0 heterocycles. The van der Waals surface area contributed by atoms with Gasteiger partial charge < -0.3 is 14.6 Å². The van der Waals surface area contributed by atoms with Gasteiger partial charge in [0, 0.05) is 0 Å². The number of hydrogen-bond donors (Lipinski definition) is 1. The first-order valence-corrected chi connectivity index (χ1v) is 6.09. The van der Waals surface area contributed by atoms with Crippen molar-refractivity contribution in [3.05, 3.63) is 58.9 Å². The van der Waals surface area contributed by atoms with E-state index in [-0.39, 0.29) is 17.9 Å². The van der Waals surface area contributed by atoms with Gasteiger partial charge in [-0.1, -0.05) is 6.07 Å². The second-order valence-electron chi connectivity index (χ2n) is 4.30. The van der Waals surface area contributed by atoms with E-state index in [0.29, 0.717) is 5.56 Å². The standard InChI is InChI=1S/C15H13F3O3/c1-20-14-3-2-9(4-11(14)16)8-21-15-12(17)5-10(7-19)6-13(15)18/h2-6,19H,7-8H2,1H3. The highest BCUT2D eigenvalue weighted by molar-refractivity contribution is 5.32. The van der Waals surface area contributed by atoms with Crippen LogP contribution in [0.1, 0.15) is 11.1 Å². The summed E-state index contributed by atoms with van der Waals surface area (Å²) in [6.07, 6.45) is 0. The maximum absolute atomic E-state index is 13.6. The van der Waals surface area contributed by atoms with Crippen molar-refractivity contribution in [2.45, 2.75) is 13.2 Å². The molecule has 0 aliphatic carbocycles. The lowest BCUT2D eigenvalue weighted by atomic mass is 10.2. The Morgan fingerprint density at radius 2 is 1.57 bits per heavy atom. The van der Waals surface area contributed by atoms with E-state index in [1.54, 1.807) is 0 Å². The Labute approximate surface area is 119 Å². The number of halogens is 3. The zero-order valence-electron chi connectivity index (χ0n) is 11.2. The lowest BCUT2D eigenvalue weighted by Gasteiger charge is -2.10. The fourth-order valence-electron chi connectivity index (χ4n) is 1.80. The molecule has 2 aromatic carbocycles. The van der Waals surface area contributed by atoms with Crippen LogP contribution in [0, 0.1) is 17.5 Å². The zero-order chi connectivity index (χ0) is 15.4. The van der Waals surface area contributed by atoms with Gasteiger partial charge in [0.1, 0.15) is 6.61 Å². The number of rotatable bonds is 5. The molecule has 6 heteroatoms. The molecule has 0 aromatic heterocycles. The molecule has 2 aromatic rings. The van der Waals surface area contributed by atoms with Crippen molar-refractivity contribution >= 4 is 0 Å². The van der Waals surface area contributed by atoms with Crippen LogP contribution in [0.25, 0.3) is 0 Å². The number of aliphatic hydroxyl groups is 1. The zero-order valence-corrected chi connectivity index (χ0v) is 11.2. The molecule has 3 nitrogen and oxygen atoms in total. The lowest BCUT2D eigenvalue weighted by molar-refractivity contribution is 0.265. The Hall–Kier alpha value is -2.21. The third-order valence-corrected chi connectivity index (χ3v) is 2.84. The van der Waals surface area contributed by atoms with Gasteiger partial charge in [-0.2, -0.15) is 0 Å². The van der Waals surface area contributed by atoms with Gasteiger partial charge in [0.05, 0.1) is 13.7 Å². The number of hydrogen-bond acceptors (Lipinski definition) is 3. The summed E-state index contributed by atoms with van der Waals surface area (Å²) in [5.74, 6) is -2.93. The second-order valence-corrected chi connectivity index (χ2v) is 4.30. The Bertz CT molecular complexity index is 621. The summed E-state index contributed by atoms with van der Waals surface area (Å²) < 4.78 is 50.5. The third-order valence-electron chi connectivity index (χ3n) is 2.84. The summed E-state index contributed by atoms with van der Waals surface area (Å²) in [6, 6.07) is 6.05. The summed E-state index contributed by atoms with van der Waals surface area (Å²) in [6.45, 7) is -0.676. The average Bonchev–Trinajstić information content (AvgIpc) is 2.46. The van der Waals surface area contributed by atoms with E-state index in [4.69, 9.17) is 14.6 Å². The van der Waals surface area contributed by atoms with Gasteiger partial charge in [-0.3, -0.25) is 0 Å². The van der Waals surface area contributed by atoms with E-state index in [0.717, 1.165) is 18.2 Å². The molecule has 0 aliphatic heterocycles. The van der Waals surface area contributed by atoms with E-state index >= 15 is 0 Å². The molecule has 0 spiro atoms. The molecule has 21 heavy (non-hydrogen) atoms. The van der Waals surface area contributed by atoms with Gasteiger partial charge in [0.25, 0.3) is 0 Å². The molecule has 0 saturated carbocycles. The number of methoxy groups -OCH3 is 1. The monoisotopic (exact) mass is 298 g/mol. The molecule has 0 bridgehead atoms. The van der Waals surface area contributed by atoms with Crippen molar-refractivity contribution in [1.29, 1.82) is 0 Å². The maximum Gasteiger partial charge on any atom is 0.191 e. The number of benzene rings is 2. The SMILES string of the molecule is COc1ccc(COc2c(F)cc(CO)cc2F)cc1F. The quantitative estimate of drug-likeness (QED) is 0.921. The highest BCUT2D eigenvalue weighted by Crippen LogP contribution is 2.25. The van der Waals surface area contributed by atoms with Crippen LogP contribution in [0.5, 0.6) is 11.5 Å². The van der Waals surface area contributed by atoms with E-state index in [1.165, 1.54) is 19.2 Å². The molecule has 0 aliphatic rings. The molecule has 112 valence electrons. The first-order chi connectivity index (χ1) is 10.0. The van der Waals surface area contributed by atoms with Crippen LogP contribution in [-0.2, 0) is 13.2 Å². The molecule has 0 fully saturated rings. The summed E-state index contributed by atoms with van der Waals surface area (Å²) in [4.78, 5) is 0. The van der Waals surface area contributed by atoms with Crippen molar-refractivity contribution in [1.82, 2.24) is 0 Å². The van der Waals surface area contributed by atoms with Gasteiger partial charge >= 0.3 is 0 Å². The fraction of sp³-hybridized carbons (Fsp3) is 0.200. The minimum Gasteiger partial charge on any atom is -0.494 e. The Kier molecular flexibility index (Phi) is 4.70. The Morgan fingerprint density at radius 1 is 0.952 bits per heavy atom. The van der Waals surface area contributed by atoms with Crippen LogP contribution >= 0.6 is 0 Å². The summed E-state index contributed by atoms with van der Waals surface area (Å²) in [7, 11) is 1.34. The number of aliphatic hydroxyl groups excluding tert-OH is 1. The minimum atomic E-state index is -0.923. The van der Waals surface area contributed by atoms with Crippen molar-refractivity contribution < 1.29 is 27.8 Å². The second kappa shape index (κ2) is 6.49. The van der Waals surface area contributed by atoms with Crippen LogP contribution in [0.2, 0.25) is 0 Å². The molecular weight excluding hydrogens is 285 g/mol. The Morgan fingerprint density at radius 3 is 2.10 bits per heavy atom. The van der Waals surface area contributed by atoms with Crippen LogP contribution in [0.3, 0.4) is 0 Å². The van der Waals surface area contributed by atoms with Crippen LogP contribution < -0.4 is 9.47 Å². The Balaban J connectivity index is 2.15. The fourth-order valence-corrected chi connectivity index (χ4v) is 1.80. The molecule has 0 unspecified atom stereocenters. The van der Waals surface area contributed by atoms with Gasteiger partial charge in [0.2, 0.25) is 0 Å². The molecular formula is C15H13F3O3. The first kappa shape index (κ1) is 15.2. The molecule has 0 amide bonds. The molecule has 1 N–H and O–H groups in total. The van der Waals surface area contributed by atoms with Crippen LogP contribution in [0.15, 0.2) is 30.3 Å².